The van der Waals surface area contributed by atoms with Gasteiger partial charge in [-0.2, -0.15) is 0 Å². The van der Waals surface area contributed by atoms with E-state index in [2.05, 4.69) is 5.32 Å². The number of hydrogen-bond donors (Lipinski definition) is 1. The normalized spacial score (nSPS) is 22.0. The third-order valence-corrected chi connectivity index (χ3v) is 4.91. The summed E-state index contributed by atoms with van der Waals surface area (Å²) in [6.45, 7) is 1.32. The number of ether oxygens (including phenoxy) is 1. The molecule has 2 aliphatic rings. The first-order valence-corrected chi connectivity index (χ1v) is 9.13. The summed E-state index contributed by atoms with van der Waals surface area (Å²) in [7, 11) is 0. The van der Waals surface area contributed by atoms with E-state index in [0.29, 0.717) is 12.8 Å². The van der Waals surface area contributed by atoms with Crippen LogP contribution in [0.15, 0.2) is 36.4 Å². The summed E-state index contributed by atoms with van der Waals surface area (Å²) in [5.41, 5.74) is 0.248. The molecular formula is C20H21FN2O5. The average Bonchev–Trinajstić information content (AvgIpc) is 2.91. The van der Waals surface area contributed by atoms with Crippen LogP contribution in [0.4, 0.5) is 10.1 Å². The fourth-order valence-electron chi connectivity index (χ4n) is 3.41. The quantitative estimate of drug-likeness (QED) is 0.457. The number of halogens is 1. The summed E-state index contributed by atoms with van der Waals surface area (Å²) in [6.07, 6.45) is 3.56. The van der Waals surface area contributed by atoms with Crippen molar-refractivity contribution in [2.24, 2.45) is 11.8 Å². The van der Waals surface area contributed by atoms with Crippen molar-refractivity contribution in [2.45, 2.75) is 32.3 Å². The van der Waals surface area contributed by atoms with E-state index in [0.717, 1.165) is 11.0 Å². The third kappa shape index (κ3) is 4.27. The number of nitrogens with one attached hydrogen (secondary N) is 1. The molecule has 7 nitrogen and oxygen atoms in total. The molecule has 1 aliphatic heterocycles. The van der Waals surface area contributed by atoms with Crippen molar-refractivity contribution in [3.05, 3.63) is 42.2 Å². The second-order valence-electron chi connectivity index (χ2n) is 6.87. The van der Waals surface area contributed by atoms with E-state index < -0.39 is 23.8 Å². The highest BCUT2D eigenvalue weighted by Crippen LogP contribution is 2.35. The summed E-state index contributed by atoms with van der Waals surface area (Å²) >= 11 is 0. The predicted octanol–water partition coefficient (Wildman–Crippen LogP) is 2.04. The van der Waals surface area contributed by atoms with Gasteiger partial charge >= 0.3 is 5.97 Å². The Morgan fingerprint density at radius 1 is 1.21 bits per heavy atom. The van der Waals surface area contributed by atoms with Crippen molar-refractivity contribution in [3.63, 3.8) is 0 Å². The maximum absolute atomic E-state index is 13.2. The number of allylic oxidation sites excluding steroid dienone is 2. The number of anilines is 1. The Morgan fingerprint density at radius 3 is 2.46 bits per heavy atom. The number of imide groups is 1. The summed E-state index contributed by atoms with van der Waals surface area (Å²) in [5, 5.41) is 2.45. The lowest BCUT2D eigenvalue weighted by molar-refractivity contribution is -0.154. The highest BCUT2D eigenvalue weighted by atomic mass is 19.1. The van der Waals surface area contributed by atoms with Gasteiger partial charge in [-0.15, -0.1) is 0 Å². The van der Waals surface area contributed by atoms with E-state index in [1.807, 2.05) is 12.2 Å². The van der Waals surface area contributed by atoms with Gasteiger partial charge in [0.1, 0.15) is 5.82 Å². The first-order valence-electron chi connectivity index (χ1n) is 9.13. The summed E-state index contributed by atoms with van der Waals surface area (Å²) < 4.78 is 18.2. The molecule has 3 atom stereocenters. The molecule has 0 aromatic heterocycles. The molecule has 0 radical (unpaired) electrons. The SMILES string of the molecule is C[C@H](OC(=O)CCN1C(=O)[C@H]2CC=CC[C@@H]2C1=O)C(=O)Nc1cccc(F)c1. The summed E-state index contributed by atoms with van der Waals surface area (Å²) in [4.78, 5) is 49.9. The number of nitrogens with zero attached hydrogens (tertiary/aromatic N) is 1. The van der Waals surface area contributed by atoms with Gasteiger partial charge in [0, 0.05) is 12.2 Å². The number of rotatable bonds is 6. The zero-order valence-electron chi connectivity index (χ0n) is 15.4. The van der Waals surface area contributed by atoms with Crippen LogP contribution in [-0.2, 0) is 23.9 Å². The third-order valence-electron chi connectivity index (χ3n) is 4.91. The zero-order valence-corrected chi connectivity index (χ0v) is 15.4. The highest BCUT2D eigenvalue weighted by Gasteiger charge is 2.47. The van der Waals surface area contributed by atoms with Gasteiger partial charge in [-0.25, -0.2) is 4.39 Å². The minimum absolute atomic E-state index is 0.0677. The van der Waals surface area contributed by atoms with Crippen LogP contribution in [-0.4, -0.2) is 41.2 Å². The summed E-state index contributed by atoms with van der Waals surface area (Å²) in [6, 6.07) is 5.34. The van der Waals surface area contributed by atoms with Crippen molar-refractivity contribution < 1.29 is 28.3 Å². The van der Waals surface area contributed by atoms with Crippen LogP contribution in [0.2, 0.25) is 0 Å². The fourth-order valence-corrected chi connectivity index (χ4v) is 3.41. The first-order chi connectivity index (χ1) is 13.4. The Balaban J connectivity index is 1.48. The molecule has 1 aromatic carbocycles. The predicted molar refractivity (Wildman–Crippen MR) is 97.3 cm³/mol. The van der Waals surface area contributed by atoms with Gasteiger partial charge in [0.15, 0.2) is 6.10 Å². The minimum atomic E-state index is -1.10. The molecule has 1 aromatic rings. The van der Waals surface area contributed by atoms with Crippen molar-refractivity contribution in [1.82, 2.24) is 4.90 Å². The number of fused-ring (bicyclic) bond motifs is 1. The summed E-state index contributed by atoms with van der Waals surface area (Å²) in [5.74, 6) is -3.01. The topological polar surface area (TPSA) is 92.8 Å². The number of likely N-dealkylation sites (tertiary alicyclic amines) is 1. The largest absolute Gasteiger partial charge is 0.452 e. The fraction of sp³-hybridized carbons (Fsp3) is 0.400. The van der Waals surface area contributed by atoms with E-state index in [9.17, 15) is 23.6 Å². The molecule has 0 spiro atoms. The van der Waals surface area contributed by atoms with Crippen LogP contribution in [0, 0.1) is 17.7 Å². The number of amides is 3. The maximum Gasteiger partial charge on any atom is 0.308 e. The lowest BCUT2D eigenvalue weighted by Gasteiger charge is -2.16. The van der Waals surface area contributed by atoms with Gasteiger partial charge in [0.25, 0.3) is 5.91 Å². The molecular weight excluding hydrogens is 367 g/mol. The van der Waals surface area contributed by atoms with Gasteiger partial charge < -0.3 is 10.1 Å². The number of carbonyl (C=O) groups excluding carboxylic acids is 4. The molecule has 28 heavy (non-hydrogen) atoms. The molecule has 1 aliphatic carbocycles. The van der Waals surface area contributed by atoms with Crippen LogP contribution in [0.25, 0.3) is 0 Å². The molecule has 1 N–H and O–H groups in total. The van der Waals surface area contributed by atoms with Gasteiger partial charge in [0.2, 0.25) is 11.8 Å². The minimum Gasteiger partial charge on any atom is -0.452 e. The molecule has 3 rings (SSSR count). The lowest BCUT2D eigenvalue weighted by atomic mass is 9.85. The molecule has 148 valence electrons. The number of benzene rings is 1. The van der Waals surface area contributed by atoms with Crippen molar-refractivity contribution in [2.75, 3.05) is 11.9 Å². The van der Waals surface area contributed by atoms with Crippen LogP contribution in [0.1, 0.15) is 26.2 Å². The molecule has 0 unspecified atom stereocenters. The second kappa shape index (κ2) is 8.33. The molecule has 0 saturated carbocycles. The van der Waals surface area contributed by atoms with E-state index in [1.54, 1.807) is 0 Å². The van der Waals surface area contributed by atoms with E-state index >= 15 is 0 Å². The van der Waals surface area contributed by atoms with Crippen molar-refractivity contribution in [3.8, 4) is 0 Å². The van der Waals surface area contributed by atoms with Crippen LogP contribution >= 0.6 is 0 Å². The van der Waals surface area contributed by atoms with Gasteiger partial charge in [-0.1, -0.05) is 18.2 Å². The molecule has 1 heterocycles. The molecule has 3 amide bonds. The smallest absolute Gasteiger partial charge is 0.308 e. The lowest BCUT2D eigenvalue weighted by Crippen LogP contribution is -2.35. The van der Waals surface area contributed by atoms with Gasteiger partial charge in [-0.05, 0) is 38.0 Å². The number of carbonyl (C=O) groups is 4. The Kier molecular flexibility index (Phi) is 5.87. The number of esters is 1. The van der Waals surface area contributed by atoms with Crippen LogP contribution in [0.5, 0.6) is 0 Å². The van der Waals surface area contributed by atoms with Gasteiger partial charge in [0.05, 0.1) is 18.3 Å². The van der Waals surface area contributed by atoms with E-state index in [1.165, 1.54) is 25.1 Å². The Bertz CT molecular complexity index is 812. The molecule has 8 heteroatoms. The van der Waals surface area contributed by atoms with Gasteiger partial charge in [-0.3, -0.25) is 24.1 Å². The number of hydrogen-bond acceptors (Lipinski definition) is 5. The average molecular weight is 388 g/mol. The Hall–Kier alpha value is -3.03. The molecule has 1 fully saturated rings. The monoisotopic (exact) mass is 388 g/mol. The zero-order chi connectivity index (χ0) is 20.3. The highest BCUT2D eigenvalue weighted by molar-refractivity contribution is 6.05. The van der Waals surface area contributed by atoms with E-state index in [4.69, 9.17) is 4.74 Å². The standard InChI is InChI=1S/C20H21FN2O5/c1-12(18(25)22-14-6-4-5-13(21)11-14)28-17(24)9-10-23-19(26)15-7-2-3-8-16(15)20(23)27/h2-6,11-12,15-16H,7-10H2,1H3,(H,22,25)/t12-,15-,16-/m0/s1. The first kappa shape index (κ1) is 19.7. The molecule has 1 saturated heterocycles. The maximum atomic E-state index is 13.2. The van der Waals surface area contributed by atoms with E-state index in [-0.39, 0.29) is 42.3 Å². The Morgan fingerprint density at radius 2 is 1.86 bits per heavy atom. The van der Waals surface area contributed by atoms with Crippen molar-refractivity contribution in [1.29, 1.82) is 0 Å². The molecule has 0 bridgehead atoms. The van der Waals surface area contributed by atoms with Crippen molar-refractivity contribution >= 4 is 29.4 Å². The van der Waals surface area contributed by atoms with Crippen LogP contribution in [0.3, 0.4) is 0 Å². The Labute approximate surface area is 161 Å². The van der Waals surface area contributed by atoms with Crippen LogP contribution < -0.4 is 5.32 Å². The second-order valence-corrected chi connectivity index (χ2v) is 6.87.